The molecule has 0 aromatic heterocycles. The number of carbonyl (C=O) groups is 1. The molecule has 0 N–H and O–H groups in total. The molecule has 0 rings (SSSR count). The van der Waals surface area contributed by atoms with E-state index in [0.29, 0.717) is 24.1 Å². The van der Waals surface area contributed by atoms with Crippen LogP contribution in [0.25, 0.3) is 0 Å². The lowest BCUT2D eigenvalue weighted by atomic mass is 10.1. The van der Waals surface area contributed by atoms with E-state index in [-0.39, 0.29) is 25.8 Å². The van der Waals surface area contributed by atoms with E-state index in [1.54, 1.807) is 0 Å². The number of allylic oxidation sites excluding steroid dienone is 8. The lowest BCUT2D eigenvalue weighted by molar-refractivity contribution is -0.870. The van der Waals surface area contributed by atoms with Crippen LogP contribution in [0.5, 0.6) is 0 Å². The summed E-state index contributed by atoms with van der Waals surface area (Å²) in [5.74, 6) is -0.349. The molecule has 0 aromatic rings. The van der Waals surface area contributed by atoms with Crippen molar-refractivity contribution in [3.63, 3.8) is 0 Å². The molecule has 0 radical (unpaired) electrons. The van der Waals surface area contributed by atoms with Gasteiger partial charge in [0.1, 0.15) is 19.3 Å². The van der Waals surface area contributed by atoms with Crippen LogP contribution in [0.1, 0.15) is 174 Å². The van der Waals surface area contributed by atoms with Gasteiger partial charge in [-0.15, -0.1) is 0 Å². The lowest BCUT2D eigenvalue weighted by Gasteiger charge is -2.28. The van der Waals surface area contributed by atoms with Crippen molar-refractivity contribution >= 4 is 13.8 Å². The van der Waals surface area contributed by atoms with Gasteiger partial charge in [0.15, 0.2) is 0 Å². The number of phosphoric ester groups is 1. The van der Waals surface area contributed by atoms with Gasteiger partial charge < -0.3 is 27.9 Å². The Bertz CT molecular complexity index is 1000. The largest absolute Gasteiger partial charge is 0.756 e. The summed E-state index contributed by atoms with van der Waals surface area (Å²) in [6.07, 6.45) is 45.5. The van der Waals surface area contributed by atoms with Gasteiger partial charge >= 0.3 is 5.97 Å². The summed E-state index contributed by atoms with van der Waals surface area (Å²) in [6.45, 7) is 5.32. The van der Waals surface area contributed by atoms with Crippen molar-refractivity contribution in [2.24, 2.45) is 0 Å². The highest BCUT2D eigenvalue weighted by atomic mass is 31.2. The SMILES string of the molecule is CCCCC/C=C\C/C=C\C/C=C\CCCCCCCCCOCC(COP(=O)([O-])OCC[N+](C)(C)C)OC(=O)CCCCCCC/C=C\CCCCC. The van der Waals surface area contributed by atoms with Gasteiger partial charge in [0.2, 0.25) is 0 Å². The first-order valence-electron chi connectivity index (χ1n) is 21.9. The molecular weight excluding hydrogens is 697 g/mol. The lowest BCUT2D eigenvalue weighted by Crippen LogP contribution is -2.37. The fourth-order valence-corrected chi connectivity index (χ4v) is 6.39. The highest BCUT2D eigenvalue weighted by molar-refractivity contribution is 7.45. The second-order valence-electron chi connectivity index (χ2n) is 15.7. The zero-order valence-corrected chi connectivity index (χ0v) is 36.6. The van der Waals surface area contributed by atoms with Gasteiger partial charge in [0.05, 0.1) is 34.4 Å². The second kappa shape index (κ2) is 38.3. The normalized spacial score (nSPS) is 14.3. The van der Waals surface area contributed by atoms with E-state index in [1.807, 2.05) is 21.1 Å². The van der Waals surface area contributed by atoms with Crippen LogP contribution in [-0.4, -0.2) is 70.7 Å². The third-order valence-corrected chi connectivity index (χ3v) is 10.1. The molecule has 8 nitrogen and oxygen atoms in total. The van der Waals surface area contributed by atoms with Crippen LogP contribution >= 0.6 is 7.82 Å². The summed E-state index contributed by atoms with van der Waals surface area (Å²) in [4.78, 5) is 25.0. The molecule has 0 aromatic carbocycles. The Labute approximate surface area is 333 Å². The molecule has 0 saturated heterocycles. The van der Waals surface area contributed by atoms with Gasteiger partial charge in [-0.05, 0) is 77.0 Å². The minimum absolute atomic E-state index is 0.0209. The molecule has 0 aliphatic heterocycles. The smallest absolute Gasteiger partial charge is 0.306 e. The Hall–Kier alpha value is -1.54. The zero-order valence-electron chi connectivity index (χ0n) is 35.7. The van der Waals surface area contributed by atoms with Crippen molar-refractivity contribution in [3.05, 3.63) is 48.6 Å². The maximum atomic E-state index is 12.6. The molecule has 0 aliphatic carbocycles. The van der Waals surface area contributed by atoms with Crippen molar-refractivity contribution in [2.45, 2.75) is 180 Å². The summed E-state index contributed by atoms with van der Waals surface area (Å²) in [5, 5.41) is 0. The standard InChI is InChI=1S/C45H84NO7P/c1-6-8-10-12-14-16-18-20-21-22-23-24-25-26-27-29-31-33-35-37-40-50-42-44(43-52-54(48,49)51-41-39-46(3,4)5)53-45(47)38-36-34-32-30-28-19-17-15-13-11-9-7-2/h14-17,20-21,23-24,44H,6-13,18-19,22,25-43H2,1-5H3/b16-14-,17-15-,21-20-,24-23-. The molecule has 2 atom stereocenters. The molecule has 0 spiro atoms. The van der Waals surface area contributed by atoms with Gasteiger partial charge in [-0.2, -0.15) is 0 Å². The predicted molar refractivity (Wildman–Crippen MR) is 226 cm³/mol. The number of ether oxygens (including phenoxy) is 2. The minimum atomic E-state index is -4.53. The van der Waals surface area contributed by atoms with Crippen LogP contribution in [0.2, 0.25) is 0 Å². The van der Waals surface area contributed by atoms with Crippen LogP contribution in [0, 0.1) is 0 Å². The highest BCUT2D eigenvalue weighted by Crippen LogP contribution is 2.38. The van der Waals surface area contributed by atoms with Crippen molar-refractivity contribution in [1.82, 2.24) is 0 Å². The number of carbonyl (C=O) groups excluding carboxylic acids is 1. The molecular formula is C45H84NO7P. The average Bonchev–Trinajstić information content (AvgIpc) is 3.12. The van der Waals surface area contributed by atoms with E-state index in [4.69, 9.17) is 18.5 Å². The molecule has 0 heterocycles. The third kappa shape index (κ3) is 41.6. The Morgan fingerprint density at radius 1 is 0.574 bits per heavy atom. The van der Waals surface area contributed by atoms with E-state index in [9.17, 15) is 14.3 Å². The summed E-state index contributed by atoms with van der Waals surface area (Å²) in [7, 11) is 1.34. The first kappa shape index (κ1) is 52.5. The van der Waals surface area contributed by atoms with Gasteiger partial charge in [0, 0.05) is 13.0 Å². The van der Waals surface area contributed by atoms with Crippen LogP contribution < -0.4 is 4.89 Å². The Balaban J connectivity index is 4.23. The molecule has 316 valence electrons. The molecule has 2 unspecified atom stereocenters. The Morgan fingerprint density at radius 2 is 1.02 bits per heavy atom. The minimum Gasteiger partial charge on any atom is -0.756 e. The van der Waals surface area contributed by atoms with E-state index in [2.05, 4.69) is 62.5 Å². The zero-order chi connectivity index (χ0) is 39.9. The highest BCUT2D eigenvalue weighted by Gasteiger charge is 2.20. The second-order valence-corrected chi connectivity index (χ2v) is 17.1. The van der Waals surface area contributed by atoms with Crippen LogP contribution in [0.4, 0.5) is 0 Å². The number of likely N-dealkylation sites (N-methyl/N-ethyl adjacent to an activating group) is 1. The van der Waals surface area contributed by atoms with Crippen molar-refractivity contribution < 1.29 is 37.3 Å². The summed E-state index contributed by atoms with van der Waals surface area (Å²) in [5.41, 5.74) is 0. The number of unbranched alkanes of at least 4 members (excludes halogenated alkanes) is 18. The molecule has 0 aliphatic rings. The fraction of sp³-hybridized carbons (Fsp3) is 0.800. The monoisotopic (exact) mass is 782 g/mol. The molecule has 0 saturated carbocycles. The van der Waals surface area contributed by atoms with Crippen LogP contribution in [0.15, 0.2) is 48.6 Å². The summed E-state index contributed by atoms with van der Waals surface area (Å²) < 4.78 is 34.5. The van der Waals surface area contributed by atoms with Gasteiger partial charge in [-0.3, -0.25) is 9.36 Å². The number of quaternary nitrogens is 1. The number of phosphoric acid groups is 1. The Kier molecular flexibility index (Phi) is 37.2. The quantitative estimate of drug-likeness (QED) is 0.0201. The summed E-state index contributed by atoms with van der Waals surface area (Å²) in [6, 6.07) is 0. The van der Waals surface area contributed by atoms with E-state index in [0.717, 1.165) is 70.6 Å². The molecule has 0 bridgehead atoms. The van der Waals surface area contributed by atoms with Crippen molar-refractivity contribution in [2.75, 3.05) is 54.1 Å². The van der Waals surface area contributed by atoms with Gasteiger partial charge in [0.25, 0.3) is 7.82 Å². The maximum absolute atomic E-state index is 12.6. The predicted octanol–water partition coefficient (Wildman–Crippen LogP) is 12.1. The van der Waals surface area contributed by atoms with Crippen molar-refractivity contribution in [1.29, 1.82) is 0 Å². The van der Waals surface area contributed by atoms with E-state index < -0.39 is 13.9 Å². The molecule has 0 fully saturated rings. The summed E-state index contributed by atoms with van der Waals surface area (Å²) >= 11 is 0. The van der Waals surface area contributed by atoms with Crippen LogP contribution in [0.3, 0.4) is 0 Å². The first-order valence-corrected chi connectivity index (χ1v) is 23.3. The molecule has 54 heavy (non-hydrogen) atoms. The number of nitrogens with zero attached hydrogens (tertiary/aromatic N) is 1. The number of esters is 1. The van der Waals surface area contributed by atoms with Crippen molar-refractivity contribution in [3.8, 4) is 0 Å². The van der Waals surface area contributed by atoms with E-state index >= 15 is 0 Å². The number of rotatable bonds is 40. The molecule has 0 amide bonds. The van der Waals surface area contributed by atoms with E-state index in [1.165, 1.54) is 83.5 Å². The number of hydrogen-bond acceptors (Lipinski definition) is 7. The maximum Gasteiger partial charge on any atom is 0.306 e. The molecule has 9 heteroatoms. The van der Waals surface area contributed by atoms with Crippen LogP contribution in [-0.2, 0) is 27.9 Å². The topological polar surface area (TPSA) is 94.1 Å². The number of hydrogen-bond donors (Lipinski definition) is 0. The van der Waals surface area contributed by atoms with Gasteiger partial charge in [-0.1, -0.05) is 140 Å². The Morgan fingerprint density at radius 3 is 1.54 bits per heavy atom. The average molecular weight is 782 g/mol. The fourth-order valence-electron chi connectivity index (χ4n) is 5.66. The first-order chi connectivity index (χ1) is 26.1. The third-order valence-electron chi connectivity index (χ3n) is 9.10. The van der Waals surface area contributed by atoms with Gasteiger partial charge in [-0.25, -0.2) is 0 Å².